The van der Waals surface area contributed by atoms with Gasteiger partial charge in [-0.2, -0.15) is 0 Å². The zero-order chi connectivity index (χ0) is 14.6. The van der Waals surface area contributed by atoms with Gasteiger partial charge in [-0.05, 0) is 32.9 Å². The number of rotatable bonds is 4. The SMILES string of the molecule is C=CB(c1ccccc1)c1ccc(OC(C)(C)C)cc1. The molecule has 2 aromatic rings. The molecule has 20 heavy (non-hydrogen) atoms. The van der Waals surface area contributed by atoms with Crippen LogP contribution in [-0.2, 0) is 0 Å². The topological polar surface area (TPSA) is 9.23 Å². The molecule has 102 valence electrons. The summed E-state index contributed by atoms with van der Waals surface area (Å²) < 4.78 is 5.85. The summed E-state index contributed by atoms with van der Waals surface area (Å²) in [5, 5.41) is 0. The molecule has 0 aliphatic heterocycles. The van der Waals surface area contributed by atoms with Crippen LogP contribution in [0.3, 0.4) is 0 Å². The third-order valence-corrected chi connectivity index (χ3v) is 3.06. The lowest BCUT2D eigenvalue weighted by Gasteiger charge is -2.21. The van der Waals surface area contributed by atoms with E-state index in [1.54, 1.807) is 0 Å². The summed E-state index contributed by atoms with van der Waals surface area (Å²) in [6.45, 7) is 10.3. The van der Waals surface area contributed by atoms with E-state index < -0.39 is 0 Å². The van der Waals surface area contributed by atoms with Crippen LogP contribution in [0.1, 0.15) is 20.8 Å². The van der Waals surface area contributed by atoms with Crippen molar-refractivity contribution in [1.82, 2.24) is 0 Å². The second kappa shape index (κ2) is 6.00. The molecule has 1 nitrogen and oxygen atoms in total. The fourth-order valence-electron chi connectivity index (χ4n) is 2.22. The fraction of sp³-hybridized carbons (Fsp3) is 0.222. The van der Waals surface area contributed by atoms with Crippen molar-refractivity contribution in [1.29, 1.82) is 0 Å². The van der Waals surface area contributed by atoms with E-state index in [9.17, 15) is 0 Å². The van der Waals surface area contributed by atoms with E-state index in [1.165, 1.54) is 10.9 Å². The molecule has 0 atom stereocenters. The van der Waals surface area contributed by atoms with Gasteiger partial charge in [0.15, 0.2) is 0 Å². The van der Waals surface area contributed by atoms with E-state index in [2.05, 4.69) is 63.7 Å². The Bertz CT molecular complexity index is 552. The molecule has 2 aromatic carbocycles. The fourth-order valence-corrected chi connectivity index (χ4v) is 2.22. The van der Waals surface area contributed by atoms with Gasteiger partial charge in [0.05, 0.1) is 0 Å². The Hall–Kier alpha value is -1.96. The second-order valence-electron chi connectivity index (χ2n) is 5.91. The van der Waals surface area contributed by atoms with Crippen molar-refractivity contribution in [3.05, 3.63) is 67.2 Å². The third kappa shape index (κ3) is 3.77. The summed E-state index contributed by atoms with van der Waals surface area (Å²) in [6.07, 6.45) is 0. The third-order valence-electron chi connectivity index (χ3n) is 3.06. The lowest BCUT2D eigenvalue weighted by atomic mass is 9.41. The molecule has 2 heteroatoms. The predicted molar refractivity (Wildman–Crippen MR) is 88.5 cm³/mol. The molecular weight excluding hydrogens is 243 g/mol. The van der Waals surface area contributed by atoms with Crippen LogP contribution < -0.4 is 15.7 Å². The van der Waals surface area contributed by atoms with Crippen LogP contribution in [0.5, 0.6) is 5.75 Å². The van der Waals surface area contributed by atoms with Crippen molar-refractivity contribution in [3.8, 4) is 5.75 Å². The molecule has 0 bridgehead atoms. The molecule has 0 heterocycles. The van der Waals surface area contributed by atoms with Crippen molar-refractivity contribution in [2.45, 2.75) is 26.4 Å². The van der Waals surface area contributed by atoms with Crippen LogP contribution >= 0.6 is 0 Å². The minimum absolute atomic E-state index is 0.168. The van der Waals surface area contributed by atoms with E-state index >= 15 is 0 Å². The monoisotopic (exact) mass is 264 g/mol. The van der Waals surface area contributed by atoms with Gasteiger partial charge in [0.2, 0.25) is 6.71 Å². The first kappa shape index (κ1) is 14.5. The highest BCUT2D eigenvalue weighted by molar-refractivity contribution is 6.89. The molecule has 0 saturated heterocycles. The van der Waals surface area contributed by atoms with Crippen LogP contribution in [0.25, 0.3) is 0 Å². The first-order valence-corrected chi connectivity index (χ1v) is 6.96. The van der Waals surface area contributed by atoms with Gasteiger partial charge in [0.1, 0.15) is 11.4 Å². The number of hydrogen-bond acceptors (Lipinski definition) is 1. The van der Waals surface area contributed by atoms with Gasteiger partial charge >= 0.3 is 0 Å². The second-order valence-corrected chi connectivity index (χ2v) is 5.91. The Morgan fingerprint density at radius 3 is 1.95 bits per heavy atom. The van der Waals surface area contributed by atoms with Crippen molar-refractivity contribution >= 4 is 17.6 Å². The predicted octanol–water partition coefficient (Wildman–Crippen LogP) is 3.20. The molecule has 0 amide bonds. The van der Waals surface area contributed by atoms with Gasteiger partial charge in [-0.15, -0.1) is 12.6 Å². The zero-order valence-electron chi connectivity index (χ0n) is 12.5. The summed E-state index contributed by atoms with van der Waals surface area (Å²) in [5.74, 6) is 2.88. The maximum Gasteiger partial charge on any atom is 0.233 e. The summed E-state index contributed by atoms with van der Waals surface area (Å²) in [5.41, 5.74) is 2.32. The molecule has 0 aromatic heterocycles. The Morgan fingerprint density at radius 2 is 1.45 bits per heavy atom. The normalized spacial score (nSPS) is 10.9. The number of hydrogen-bond donors (Lipinski definition) is 0. The van der Waals surface area contributed by atoms with Crippen molar-refractivity contribution in [3.63, 3.8) is 0 Å². The molecule has 0 spiro atoms. The molecule has 0 aliphatic rings. The highest BCUT2D eigenvalue weighted by atomic mass is 16.5. The molecular formula is C18H21BO. The minimum Gasteiger partial charge on any atom is -0.488 e. The maximum absolute atomic E-state index is 5.85. The molecule has 0 fully saturated rings. The lowest BCUT2D eigenvalue weighted by molar-refractivity contribution is 0.131. The van der Waals surface area contributed by atoms with Crippen LogP contribution in [-0.4, -0.2) is 12.3 Å². The first-order valence-electron chi connectivity index (χ1n) is 6.96. The maximum atomic E-state index is 5.85. The summed E-state index contributed by atoms with van der Waals surface area (Å²) >= 11 is 0. The smallest absolute Gasteiger partial charge is 0.233 e. The summed E-state index contributed by atoms with van der Waals surface area (Å²) in [7, 11) is 0. The van der Waals surface area contributed by atoms with Crippen LogP contribution in [0.2, 0.25) is 0 Å². The molecule has 0 N–H and O–H groups in total. The highest BCUT2D eigenvalue weighted by Gasteiger charge is 2.16. The highest BCUT2D eigenvalue weighted by Crippen LogP contribution is 2.16. The molecule has 0 aliphatic carbocycles. The van der Waals surface area contributed by atoms with E-state index in [0.717, 1.165) is 5.75 Å². The lowest BCUT2D eigenvalue weighted by Crippen LogP contribution is -2.40. The van der Waals surface area contributed by atoms with Gasteiger partial charge in [0.25, 0.3) is 0 Å². The van der Waals surface area contributed by atoms with Gasteiger partial charge in [0, 0.05) is 0 Å². The zero-order valence-corrected chi connectivity index (χ0v) is 12.5. The Labute approximate surface area is 122 Å². The number of benzene rings is 2. The van der Waals surface area contributed by atoms with E-state index in [4.69, 9.17) is 4.74 Å². The van der Waals surface area contributed by atoms with Crippen LogP contribution in [0.15, 0.2) is 67.2 Å². The van der Waals surface area contributed by atoms with Crippen LogP contribution in [0.4, 0.5) is 0 Å². The Morgan fingerprint density at radius 1 is 0.900 bits per heavy atom. The molecule has 0 saturated carbocycles. The summed E-state index contributed by atoms with van der Waals surface area (Å²) in [6, 6.07) is 18.7. The van der Waals surface area contributed by atoms with Gasteiger partial charge in [-0.25, -0.2) is 0 Å². The molecule has 0 radical (unpaired) electrons. The number of ether oxygens (including phenoxy) is 1. The van der Waals surface area contributed by atoms with Gasteiger partial charge in [-0.1, -0.05) is 53.4 Å². The summed E-state index contributed by atoms with van der Waals surface area (Å²) in [4.78, 5) is 0. The van der Waals surface area contributed by atoms with Crippen LogP contribution in [0, 0.1) is 0 Å². The average Bonchev–Trinajstić information content (AvgIpc) is 2.41. The Balaban J connectivity index is 2.22. The molecule has 2 rings (SSSR count). The standard InChI is InChI=1S/C18H21BO/c1-5-19(15-9-7-6-8-10-15)16-11-13-17(14-12-16)20-18(2,3)4/h5-14H,1H2,2-4H3. The quantitative estimate of drug-likeness (QED) is 0.770. The first-order chi connectivity index (χ1) is 9.49. The van der Waals surface area contributed by atoms with Crippen molar-refractivity contribution < 1.29 is 4.74 Å². The average molecular weight is 264 g/mol. The minimum atomic E-state index is -0.168. The van der Waals surface area contributed by atoms with E-state index in [1.807, 2.05) is 24.2 Å². The van der Waals surface area contributed by atoms with E-state index in [0.29, 0.717) is 0 Å². The van der Waals surface area contributed by atoms with Gasteiger partial charge in [-0.3, -0.25) is 0 Å². The largest absolute Gasteiger partial charge is 0.488 e. The van der Waals surface area contributed by atoms with Crippen molar-refractivity contribution in [2.24, 2.45) is 0 Å². The van der Waals surface area contributed by atoms with Crippen molar-refractivity contribution in [2.75, 3.05) is 0 Å². The Kier molecular flexibility index (Phi) is 4.34. The van der Waals surface area contributed by atoms with E-state index in [-0.39, 0.29) is 12.3 Å². The van der Waals surface area contributed by atoms with Gasteiger partial charge < -0.3 is 4.74 Å². The molecule has 0 unspecified atom stereocenters.